The van der Waals surface area contributed by atoms with E-state index in [1.54, 1.807) is 20.8 Å². The highest BCUT2D eigenvalue weighted by Crippen LogP contribution is 2.23. The van der Waals surface area contributed by atoms with E-state index in [4.69, 9.17) is 10.2 Å². The van der Waals surface area contributed by atoms with Crippen LogP contribution in [0.4, 0.5) is 4.39 Å². The number of hydrogen-bond donors (Lipinski definition) is 1. The van der Waals surface area contributed by atoms with Crippen molar-refractivity contribution in [3.8, 4) is 0 Å². The van der Waals surface area contributed by atoms with Crippen molar-refractivity contribution in [2.75, 3.05) is 13.8 Å². The first-order valence-corrected chi connectivity index (χ1v) is 8.87. The van der Waals surface area contributed by atoms with Gasteiger partial charge in [0.1, 0.15) is 6.04 Å². The Morgan fingerprint density at radius 3 is 2.63 bits per heavy atom. The normalized spacial score (nSPS) is 14.9. The molecular weight excluding hydrogens is 349 g/mol. The minimum absolute atomic E-state index is 0.0217. The topological polar surface area (TPSA) is 73.2 Å². The molecule has 0 saturated carbocycles. The van der Waals surface area contributed by atoms with Crippen molar-refractivity contribution in [2.45, 2.75) is 52.6 Å². The molecule has 0 saturated heterocycles. The molecule has 148 valence electrons. The summed E-state index contributed by atoms with van der Waals surface area (Å²) in [6.45, 7) is 5.06. The SMILES string of the molecule is [2H]c1c([2H])c([2H])c2c(c(C(=O)N[C@H](C(=O)OC)C(C)(C)C)nn2CCCCCF)c1[2H]. The second-order valence-corrected chi connectivity index (χ2v) is 7.34. The highest BCUT2D eigenvalue weighted by Gasteiger charge is 2.34. The number of unbranched alkanes of at least 4 members (excludes halogenated alkanes) is 2. The number of amides is 1. The number of esters is 1. The monoisotopic (exact) mass is 381 g/mol. The number of nitrogens with one attached hydrogen (secondary N) is 1. The zero-order valence-electron chi connectivity index (χ0n) is 20.1. The smallest absolute Gasteiger partial charge is 0.328 e. The highest BCUT2D eigenvalue weighted by molar-refractivity contribution is 6.06. The molecule has 7 heteroatoms. The van der Waals surface area contributed by atoms with Gasteiger partial charge in [-0.2, -0.15) is 5.10 Å². The molecule has 1 heterocycles. The summed E-state index contributed by atoms with van der Waals surface area (Å²) >= 11 is 0. The maximum absolute atomic E-state index is 13.1. The van der Waals surface area contributed by atoms with Crippen molar-refractivity contribution in [1.29, 1.82) is 0 Å². The van der Waals surface area contributed by atoms with E-state index >= 15 is 0 Å². The number of para-hydroxylation sites is 1. The lowest BCUT2D eigenvalue weighted by molar-refractivity contribution is -0.145. The molecule has 1 atom stereocenters. The van der Waals surface area contributed by atoms with Crippen LogP contribution >= 0.6 is 0 Å². The second-order valence-electron chi connectivity index (χ2n) is 7.34. The molecule has 6 nitrogen and oxygen atoms in total. The van der Waals surface area contributed by atoms with Crippen LogP contribution in [-0.2, 0) is 16.1 Å². The fraction of sp³-hybridized carbons (Fsp3) is 0.550. The molecule has 0 aliphatic carbocycles. The number of nitrogens with zero attached hydrogens (tertiary/aromatic N) is 2. The van der Waals surface area contributed by atoms with Gasteiger partial charge in [-0.15, -0.1) is 0 Å². The molecule has 0 aliphatic rings. The Balaban J connectivity index is 2.58. The van der Waals surface area contributed by atoms with Gasteiger partial charge < -0.3 is 10.1 Å². The van der Waals surface area contributed by atoms with Crippen LogP contribution in [-0.4, -0.2) is 41.5 Å². The largest absolute Gasteiger partial charge is 0.467 e. The van der Waals surface area contributed by atoms with E-state index in [-0.39, 0.29) is 35.2 Å². The zero-order chi connectivity index (χ0) is 23.5. The summed E-state index contributed by atoms with van der Waals surface area (Å²) < 4.78 is 51.0. The average Bonchev–Trinajstić information content (AvgIpc) is 3.10. The Morgan fingerprint density at radius 1 is 1.30 bits per heavy atom. The van der Waals surface area contributed by atoms with Gasteiger partial charge in [-0.1, -0.05) is 38.9 Å². The summed E-state index contributed by atoms with van der Waals surface area (Å²) in [7, 11) is 1.21. The van der Waals surface area contributed by atoms with Crippen LogP contribution < -0.4 is 5.32 Å². The molecule has 27 heavy (non-hydrogen) atoms. The van der Waals surface area contributed by atoms with Crippen LogP contribution in [0.2, 0.25) is 0 Å². The van der Waals surface area contributed by atoms with Gasteiger partial charge in [-0.3, -0.25) is 13.9 Å². The van der Waals surface area contributed by atoms with Gasteiger partial charge in [0.25, 0.3) is 5.91 Å². The number of benzene rings is 1. The third-order valence-electron chi connectivity index (χ3n) is 4.18. The van der Waals surface area contributed by atoms with Crippen molar-refractivity contribution in [3.63, 3.8) is 0 Å². The second kappa shape index (κ2) is 8.97. The first-order chi connectivity index (χ1) is 14.4. The van der Waals surface area contributed by atoms with Crippen molar-refractivity contribution in [1.82, 2.24) is 15.1 Å². The predicted molar refractivity (Wildman–Crippen MR) is 102 cm³/mol. The maximum atomic E-state index is 13.1. The van der Waals surface area contributed by atoms with Crippen LogP contribution in [0, 0.1) is 5.41 Å². The molecule has 1 aromatic carbocycles. The fourth-order valence-corrected chi connectivity index (χ4v) is 2.69. The lowest BCUT2D eigenvalue weighted by Crippen LogP contribution is -2.49. The van der Waals surface area contributed by atoms with E-state index < -0.39 is 42.1 Å². The Bertz CT molecular complexity index is 989. The minimum atomic E-state index is -0.995. The van der Waals surface area contributed by atoms with Gasteiger partial charge in [0.05, 0.1) is 24.8 Å². The van der Waals surface area contributed by atoms with Crippen LogP contribution in [0.5, 0.6) is 0 Å². The van der Waals surface area contributed by atoms with Crippen molar-refractivity contribution < 1.29 is 24.2 Å². The highest BCUT2D eigenvalue weighted by atomic mass is 19.1. The summed E-state index contributed by atoms with van der Waals surface area (Å²) in [5.74, 6) is -1.39. The van der Waals surface area contributed by atoms with E-state index in [0.717, 1.165) is 0 Å². The molecule has 0 aliphatic heterocycles. The third kappa shape index (κ3) is 5.05. The summed E-state index contributed by atoms with van der Waals surface area (Å²) in [5, 5.41) is 6.84. The Morgan fingerprint density at radius 2 is 2.00 bits per heavy atom. The van der Waals surface area contributed by atoms with E-state index in [1.165, 1.54) is 11.8 Å². The number of alkyl halides is 1. The molecular formula is C20H28FN3O3. The van der Waals surface area contributed by atoms with Crippen molar-refractivity contribution in [3.05, 3.63) is 29.9 Å². The lowest BCUT2D eigenvalue weighted by Gasteiger charge is -2.28. The Labute approximate surface area is 164 Å². The molecule has 2 rings (SSSR count). The van der Waals surface area contributed by atoms with Gasteiger partial charge >= 0.3 is 5.97 Å². The number of ether oxygens (including phenoxy) is 1. The lowest BCUT2D eigenvalue weighted by atomic mass is 9.86. The van der Waals surface area contributed by atoms with Crippen LogP contribution in [0.1, 0.15) is 56.0 Å². The molecule has 1 amide bonds. The Kier molecular flexibility index (Phi) is 5.18. The number of halogens is 1. The number of hydrogen-bond acceptors (Lipinski definition) is 4. The summed E-state index contributed by atoms with van der Waals surface area (Å²) in [5.41, 5.74) is -0.778. The molecule has 0 fully saturated rings. The molecule has 2 aromatic rings. The van der Waals surface area contributed by atoms with Crippen molar-refractivity contribution in [2.24, 2.45) is 5.41 Å². The fourth-order valence-electron chi connectivity index (χ4n) is 2.69. The number of carbonyl (C=O) groups excluding carboxylic acids is 2. The van der Waals surface area contributed by atoms with E-state index in [0.29, 0.717) is 19.3 Å². The van der Waals surface area contributed by atoms with Gasteiger partial charge in [-0.25, -0.2) is 4.79 Å². The van der Waals surface area contributed by atoms with Crippen LogP contribution in [0.15, 0.2) is 24.2 Å². The summed E-state index contributed by atoms with van der Waals surface area (Å²) in [6.07, 6.45) is 1.47. The van der Waals surface area contributed by atoms with Gasteiger partial charge in [0.2, 0.25) is 0 Å². The van der Waals surface area contributed by atoms with Crippen LogP contribution in [0.3, 0.4) is 0 Å². The molecule has 0 unspecified atom stereocenters. The number of aryl methyl sites for hydroxylation is 1. The number of rotatable bonds is 8. The predicted octanol–water partition coefficient (Wildman–Crippen LogP) is 3.49. The molecule has 1 aromatic heterocycles. The maximum Gasteiger partial charge on any atom is 0.328 e. The third-order valence-corrected chi connectivity index (χ3v) is 4.18. The summed E-state index contributed by atoms with van der Waals surface area (Å²) in [4.78, 5) is 25.3. The minimum Gasteiger partial charge on any atom is -0.467 e. The van der Waals surface area contributed by atoms with E-state index in [2.05, 4.69) is 10.4 Å². The van der Waals surface area contributed by atoms with Gasteiger partial charge in [-0.05, 0) is 30.7 Å². The molecule has 0 spiro atoms. The average molecular weight is 381 g/mol. The van der Waals surface area contributed by atoms with Crippen molar-refractivity contribution >= 4 is 22.8 Å². The first kappa shape index (κ1) is 15.6. The number of methoxy groups -OCH3 is 1. The van der Waals surface area contributed by atoms with E-state index in [9.17, 15) is 14.0 Å². The Hall–Kier alpha value is -2.44. The number of fused-ring (bicyclic) bond motifs is 1. The zero-order valence-corrected chi connectivity index (χ0v) is 16.1. The first-order valence-electron chi connectivity index (χ1n) is 10.9. The number of aromatic nitrogens is 2. The van der Waals surface area contributed by atoms with Gasteiger partial charge in [0.15, 0.2) is 5.69 Å². The molecule has 1 N–H and O–H groups in total. The quantitative estimate of drug-likeness (QED) is 0.561. The van der Waals surface area contributed by atoms with Gasteiger partial charge in [0, 0.05) is 11.9 Å². The van der Waals surface area contributed by atoms with E-state index in [1.807, 2.05) is 0 Å². The number of carbonyl (C=O) groups is 2. The molecule has 0 radical (unpaired) electrons. The molecule has 0 bridgehead atoms. The van der Waals surface area contributed by atoms with Crippen LogP contribution in [0.25, 0.3) is 10.9 Å². The summed E-state index contributed by atoms with van der Waals surface area (Å²) in [6, 6.07) is -2.61. The standard InChI is InChI=1S/C20H28FN3O3/c1-20(2,3)17(19(26)27-4)22-18(25)16-14-10-6-7-11-15(14)24(23-16)13-9-5-8-12-21/h6-7,10-11,17H,5,8-9,12-13H2,1-4H3,(H,22,25)/t17-/m1/s1/i6D,7D,10D,11D.